The first-order valence-electron chi connectivity index (χ1n) is 11.7. The van der Waals surface area contributed by atoms with Crippen LogP contribution in [0.15, 0.2) is 65.6 Å². The Labute approximate surface area is 199 Å². The number of aromatic nitrogens is 1. The van der Waals surface area contributed by atoms with Gasteiger partial charge in [-0.25, -0.2) is 0 Å². The molecule has 34 heavy (non-hydrogen) atoms. The third-order valence-electron chi connectivity index (χ3n) is 6.13. The minimum absolute atomic E-state index is 0.00194. The summed E-state index contributed by atoms with van der Waals surface area (Å²) in [5.41, 5.74) is 1.66. The summed E-state index contributed by atoms with van der Waals surface area (Å²) in [6.07, 6.45) is 2.24. The summed E-state index contributed by atoms with van der Waals surface area (Å²) in [5.74, 6) is -0.825. The molecule has 1 saturated heterocycles. The minimum atomic E-state index is -0.560. The van der Waals surface area contributed by atoms with E-state index >= 15 is 0 Å². The highest BCUT2D eigenvalue weighted by atomic mass is 16.2. The second-order valence-electron chi connectivity index (χ2n) is 8.57. The number of carbonyl (C=O) groups excluding carboxylic acids is 2. The van der Waals surface area contributed by atoms with E-state index in [1.54, 1.807) is 18.2 Å². The number of fused-ring (bicyclic) bond motifs is 1. The monoisotopic (exact) mass is 461 g/mol. The number of rotatable bonds is 9. The standard InChI is InChI=1S/C26H31N5O3/c32-24(18-29-26(34)22-17-28-23-10-5-4-9-21(23)25(22)33)27-11-6-12-30-13-15-31(16-14-30)19-20-7-2-1-3-8-20/h1-5,7-10,17H,6,11-16,18-19H2,(H,27,32)(H,28,33)(H,29,34). The van der Waals surface area contributed by atoms with Crippen molar-refractivity contribution in [2.24, 2.45) is 0 Å². The summed E-state index contributed by atoms with van der Waals surface area (Å²) >= 11 is 0. The van der Waals surface area contributed by atoms with Crippen LogP contribution < -0.4 is 16.1 Å². The molecule has 1 aromatic heterocycles. The van der Waals surface area contributed by atoms with Crippen LogP contribution in [0.5, 0.6) is 0 Å². The summed E-state index contributed by atoms with van der Waals surface area (Å²) in [6.45, 7) is 6.44. The number of hydrogen-bond donors (Lipinski definition) is 3. The molecular weight excluding hydrogens is 430 g/mol. The molecule has 0 atom stereocenters. The van der Waals surface area contributed by atoms with Crippen molar-refractivity contribution in [3.8, 4) is 0 Å². The smallest absolute Gasteiger partial charge is 0.257 e. The van der Waals surface area contributed by atoms with Gasteiger partial charge in [0.1, 0.15) is 5.56 Å². The lowest BCUT2D eigenvalue weighted by Gasteiger charge is -2.34. The van der Waals surface area contributed by atoms with E-state index in [1.807, 2.05) is 12.1 Å². The van der Waals surface area contributed by atoms with Crippen LogP contribution in [0, 0.1) is 0 Å². The number of H-pyrrole nitrogens is 1. The Morgan fingerprint density at radius 1 is 0.882 bits per heavy atom. The van der Waals surface area contributed by atoms with Gasteiger partial charge in [-0.2, -0.15) is 0 Å². The maximum atomic E-state index is 12.5. The van der Waals surface area contributed by atoms with E-state index in [2.05, 4.69) is 49.7 Å². The predicted octanol–water partition coefficient (Wildman–Crippen LogP) is 1.58. The lowest BCUT2D eigenvalue weighted by atomic mass is 10.1. The number of benzene rings is 2. The number of nitrogens with one attached hydrogen (secondary N) is 3. The van der Waals surface area contributed by atoms with E-state index in [9.17, 15) is 14.4 Å². The van der Waals surface area contributed by atoms with Crippen LogP contribution in [0.3, 0.4) is 0 Å². The van der Waals surface area contributed by atoms with E-state index in [4.69, 9.17) is 0 Å². The first-order valence-corrected chi connectivity index (χ1v) is 11.7. The molecule has 0 aliphatic carbocycles. The number of pyridine rings is 1. The lowest BCUT2D eigenvalue weighted by Crippen LogP contribution is -2.46. The zero-order valence-electron chi connectivity index (χ0n) is 19.3. The van der Waals surface area contributed by atoms with Crippen molar-refractivity contribution in [2.45, 2.75) is 13.0 Å². The molecule has 2 aromatic carbocycles. The average Bonchev–Trinajstić information content (AvgIpc) is 2.87. The molecule has 3 N–H and O–H groups in total. The second kappa shape index (κ2) is 11.6. The van der Waals surface area contributed by atoms with Crippen LogP contribution in [-0.4, -0.2) is 72.4 Å². The molecular formula is C26H31N5O3. The maximum Gasteiger partial charge on any atom is 0.257 e. The summed E-state index contributed by atoms with van der Waals surface area (Å²) in [6, 6.07) is 17.5. The largest absolute Gasteiger partial charge is 0.360 e. The number of aromatic amines is 1. The van der Waals surface area contributed by atoms with E-state index < -0.39 is 5.91 Å². The van der Waals surface area contributed by atoms with Crippen LogP contribution in [-0.2, 0) is 11.3 Å². The average molecular weight is 462 g/mol. The normalized spacial score (nSPS) is 14.7. The van der Waals surface area contributed by atoms with Crippen LogP contribution in [0.4, 0.5) is 0 Å². The minimum Gasteiger partial charge on any atom is -0.360 e. The zero-order valence-corrected chi connectivity index (χ0v) is 19.3. The Morgan fingerprint density at radius 3 is 2.38 bits per heavy atom. The van der Waals surface area contributed by atoms with Crippen molar-refractivity contribution < 1.29 is 9.59 Å². The SMILES string of the molecule is O=C(CNC(=O)c1c[nH]c2ccccc2c1=O)NCCCN1CCN(Cc2ccccc2)CC1. The van der Waals surface area contributed by atoms with Crippen LogP contribution in [0.1, 0.15) is 22.3 Å². The van der Waals surface area contributed by atoms with Gasteiger partial charge in [-0.1, -0.05) is 42.5 Å². The highest BCUT2D eigenvalue weighted by Crippen LogP contribution is 2.09. The predicted molar refractivity (Wildman–Crippen MR) is 133 cm³/mol. The van der Waals surface area contributed by atoms with Gasteiger partial charge in [0, 0.05) is 56.4 Å². The van der Waals surface area contributed by atoms with Gasteiger partial charge in [0.15, 0.2) is 0 Å². The third kappa shape index (κ3) is 6.30. The van der Waals surface area contributed by atoms with Gasteiger partial charge < -0.3 is 20.5 Å². The third-order valence-corrected chi connectivity index (χ3v) is 6.13. The summed E-state index contributed by atoms with van der Waals surface area (Å²) < 4.78 is 0. The van der Waals surface area contributed by atoms with Crippen molar-refractivity contribution in [1.82, 2.24) is 25.4 Å². The molecule has 1 fully saturated rings. The van der Waals surface area contributed by atoms with E-state index in [0.717, 1.165) is 45.7 Å². The maximum absolute atomic E-state index is 12.5. The molecule has 2 amide bonds. The molecule has 1 aliphatic heterocycles. The second-order valence-corrected chi connectivity index (χ2v) is 8.57. The Bertz CT molecular complexity index is 1170. The van der Waals surface area contributed by atoms with Crippen LogP contribution in [0.2, 0.25) is 0 Å². The topological polar surface area (TPSA) is 97.5 Å². The number of para-hydroxylation sites is 1. The Kier molecular flexibility index (Phi) is 8.06. The zero-order chi connectivity index (χ0) is 23.8. The first-order chi connectivity index (χ1) is 16.6. The number of hydrogen-bond acceptors (Lipinski definition) is 5. The molecule has 3 aromatic rings. The van der Waals surface area contributed by atoms with E-state index in [0.29, 0.717) is 17.4 Å². The van der Waals surface area contributed by atoms with Crippen LogP contribution >= 0.6 is 0 Å². The first kappa shape index (κ1) is 23.7. The molecule has 8 nitrogen and oxygen atoms in total. The highest BCUT2D eigenvalue weighted by Gasteiger charge is 2.17. The molecule has 4 rings (SSSR count). The van der Waals surface area contributed by atoms with Gasteiger partial charge in [-0.3, -0.25) is 19.3 Å². The van der Waals surface area contributed by atoms with E-state index in [1.165, 1.54) is 11.8 Å². The molecule has 8 heteroatoms. The van der Waals surface area contributed by atoms with Crippen molar-refractivity contribution >= 4 is 22.7 Å². The molecule has 0 radical (unpaired) electrons. The summed E-state index contributed by atoms with van der Waals surface area (Å²) in [4.78, 5) is 44.8. The lowest BCUT2D eigenvalue weighted by molar-refractivity contribution is -0.120. The number of nitrogens with zero attached hydrogens (tertiary/aromatic N) is 2. The number of piperazine rings is 1. The quantitative estimate of drug-likeness (QED) is 0.421. The number of amides is 2. The molecule has 0 unspecified atom stereocenters. The fourth-order valence-corrected chi connectivity index (χ4v) is 4.20. The van der Waals surface area contributed by atoms with Gasteiger partial charge in [0.2, 0.25) is 11.3 Å². The van der Waals surface area contributed by atoms with Crippen LogP contribution in [0.25, 0.3) is 10.9 Å². The fraction of sp³-hybridized carbons (Fsp3) is 0.346. The molecule has 0 bridgehead atoms. The fourth-order valence-electron chi connectivity index (χ4n) is 4.20. The van der Waals surface area contributed by atoms with Gasteiger partial charge >= 0.3 is 0 Å². The Hall–Kier alpha value is -3.49. The van der Waals surface area contributed by atoms with Crippen molar-refractivity contribution in [3.63, 3.8) is 0 Å². The van der Waals surface area contributed by atoms with Crippen molar-refractivity contribution in [2.75, 3.05) is 45.8 Å². The molecule has 178 valence electrons. The van der Waals surface area contributed by atoms with Crippen molar-refractivity contribution in [3.05, 3.63) is 82.1 Å². The molecule has 1 aliphatic rings. The summed E-state index contributed by atoms with van der Waals surface area (Å²) in [5, 5.41) is 5.82. The van der Waals surface area contributed by atoms with Gasteiger partial charge in [0.05, 0.1) is 6.54 Å². The molecule has 0 saturated carbocycles. The Morgan fingerprint density at radius 2 is 1.59 bits per heavy atom. The molecule has 0 spiro atoms. The van der Waals surface area contributed by atoms with E-state index in [-0.39, 0.29) is 23.4 Å². The Balaban J connectivity index is 1.12. The van der Waals surface area contributed by atoms with Crippen molar-refractivity contribution in [1.29, 1.82) is 0 Å². The van der Waals surface area contributed by atoms with Gasteiger partial charge in [-0.05, 0) is 30.7 Å². The van der Waals surface area contributed by atoms with Gasteiger partial charge in [0.25, 0.3) is 5.91 Å². The molecule has 2 heterocycles. The highest BCUT2D eigenvalue weighted by molar-refractivity contribution is 5.98. The summed E-state index contributed by atoms with van der Waals surface area (Å²) in [7, 11) is 0. The number of carbonyl (C=O) groups is 2. The van der Waals surface area contributed by atoms with Gasteiger partial charge in [-0.15, -0.1) is 0 Å².